The molecule has 15 nitrogen and oxygen atoms in total. The van der Waals surface area contributed by atoms with Crippen LogP contribution in [0.5, 0.6) is 5.75 Å². The number of aromatic nitrogens is 2. The summed E-state index contributed by atoms with van der Waals surface area (Å²) >= 11 is 6.14. The number of carbonyl (C=O) groups excluding carboxylic acids is 4. The summed E-state index contributed by atoms with van der Waals surface area (Å²) in [5.74, 6) is -0.640. The van der Waals surface area contributed by atoms with E-state index >= 15 is 4.39 Å². The van der Waals surface area contributed by atoms with Gasteiger partial charge in [-0.15, -0.1) is 10.2 Å². The Morgan fingerprint density at radius 1 is 0.948 bits per heavy atom. The van der Waals surface area contributed by atoms with Crippen molar-refractivity contribution in [2.45, 2.75) is 75.8 Å². The molecule has 2 unspecified atom stereocenters. The first-order valence-corrected chi connectivity index (χ1v) is 20.3. The van der Waals surface area contributed by atoms with Gasteiger partial charge in [-0.05, 0) is 87.3 Å². The number of nitriles is 1. The minimum absolute atomic E-state index is 0.00766. The number of nitrogens with zero attached hydrogens (tertiary/aromatic N) is 7. The number of piperidine rings is 2. The van der Waals surface area contributed by atoms with Crippen LogP contribution in [0.4, 0.5) is 15.9 Å². The summed E-state index contributed by atoms with van der Waals surface area (Å²) in [6.45, 7) is 5.19. The third-order valence-corrected chi connectivity index (χ3v) is 12.4. The predicted octanol–water partition coefficient (Wildman–Crippen LogP) is 3.55. The topological polar surface area (TPSA) is 184 Å². The Morgan fingerprint density at radius 3 is 2.38 bits per heavy atom. The van der Waals surface area contributed by atoms with E-state index in [1.54, 1.807) is 24.3 Å². The van der Waals surface area contributed by atoms with Gasteiger partial charge in [-0.3, -0.25) is 34.3 Å². The standard InChI is InChI=1S/C41H45ClFN9O6/c42-31-19-28(4-1-25(31)22-44)58-27-5-2-26(3-6-27)45-38(54)33-7-9-36(48-47-33)51-13-11-24(12-14-51)23-49-15-17-50(18-16-49)35-21-30-29(20-32(35)43)40(56)52(41(30)57)34-8-10-37(53)46-39(34)55/h1,4,7,9,19-21,24,26-27,34,41,57H,2-3,5-6,8,10-18,23H2,(H,45,54)(H,46,53,55). The lowest BCUT2D eigenvalue weighted by Crippen LogP contribution is -2.53. The first-order chi connectivity index (χ1) is 28.0. The molecular formula is C41H45ClFN9O6. The highest BCUT2D eigenvalue weighted by atomic mass is 35.5. The fourth-order valence-electron chi connectivity index (χ4n) is 8.81. The maximum absolute atomic E-state index is 15.4. The minimum Gasteiger partial charge on any atom is -0.490 e. The largest absolute Gasteiger partial charge is 0.490 e. The Hall–Kier alpha value is -5.37. The zero-order valence-electron chi connectivity index (χ0n) is 31.9. The van der Waals surface area contributed by atoms with E-state index in [0.717, 1.165) is 88.0 Å². The van der Waals surface area contributed by atoms with Gasteiger partial charge in [0.1, 0.15) is 23.7 Å². The van der Waals surface area contributed by atoms with Gasteiger partial charge in [0.2, 0.25) is 11.8 Å². The van der Waals surface area contributed by atoms with Crippen molar-refractivity contribution in [3.63, 3.8) is 0 Å². The van der Waals surface area contributed by atoms with E-state index in [2.05, 4.69) is 30.6 Å². The Morgan fingerprint density at radius 2 is 1.71 bits per heavy atom. The smallest absolute Gasteiger partial charge is 0.272 e. The Bertz CT molecular complexity index is 2110. The number of amides is 4. The van der Waals surface area contributed by atoms with E-state index in [9.17, 15) is 24.3 Å². The molecule has 5 aliphatic rings. The number of carbonyl (C=O) groups is 4. The monoisotopic (exact) mass is 813 g/mol. The first-order valence-electron chi connectivity index (χ1n) is 20.0. The van der Waals surface area contributed by atoms with Crippen LogP contribution >= 0.6 is 11.6 Å². The van der Waals surface area contributed by atoms with Crippen LogP contribution in [-0.2, 0) is 9.59 Å². The highest BCUT2D eigenvalue weighted by molar-refractivity contribution is 6.31. The van der Waals surface area contributed by atoms with Gasteiger partial charge in [-0.1, -0.05) is 11.6 Å². The van der Waals surface area contributed by atoms with Crippen LogP contribution in [-0.4, -0.2) is 113 Å². The number of piperazine rings is 1. The van der Waals surface area contributed by atoms with Crippen LogP contribution in [0.15, 0.2) is 42.5 Å². The lowest BCUT2D eigenvalue weighted by Gasteiger charge is -2.40. The molecule has 0 spiro atoms. The zero-order valence-corrected chi connectivity index (χ0v) is 32.7. The van der Waals surface area contributed by atoms with Gasteiger partial charge in [-0.25, -0.2) is 4.39 Å². The molecule has 1 aromatic heterocycles. The van der Waals surface area contributed by atoms with Crippen LogP contribution in [0, 0.1) is 23.1 Å². The average Bonchev–Trinajstić information content (AvgIpc) is 3.46. The second-order valence-corrected chi connectivity index (χ2v) is 16.2. The van der Waals surface area contributed by atoms with Crippen molar-refractivity contribution in [1.82, 2.24) is 30.6 Å². The van der Waals surface area contributed by atoms with Crippen LogP contribution in [0.2, 0.25) is 5.02 Å². The van der Waals surface area contributed by atoms with Crippen molar-refractivity contribution in [2.75, 3.05) is 55.6 Å². The summed E-state index contributed by atoms with van der Waals surface area (Å²) in [5, 5.41) is 34.5. The van der Waals surface area contributed by atoms with Gasteiger partial charge in [0.15, 0.2) is 17.7 Å². The molecular weight excluding hydrogens is 769 g/mol. The molecule has 3 saturated heterocycles. The van der Waals surface area contributed by atoms with Gasteiger partial charge in [0.05, 0.1) is 27.9 Å². The summed E-state index contributed by atoms with van der Waals surface area (Å²) in [5.41, 5.74) is 1.29. The molecule has 0 radical (unpaired) electrons. The fraction of sp³-hybridized carbons (Fsp3) is 0.488. The van der Waals surface area contributed by atoms with Gasteiger partial charge in [-0.2, -0.15) is 5.26 Å². The molecule has 2 aromatic carbocycles. The highest BCUT2D eigenvalue weighted by Gasteiger charge is 2.45. The minimum atomic E-state index is -1.41. The van der Waals surface area contributed by atoms with Crippen LogP contribution < -0.4 is 25.2 Å². The Kier molecular flexibility index (Phi) is 11.5. The lowest BCUT2D eigenvalue weighted by atomic mass is 9.93. The van der Waals surface area contributed by atoms with Gasteiger partial charge in [0.25, 0.3) is 11.8 Å². The molecule has 304 valence electrons. The average molecular weight is 814 g/mol. The van der Waals surface area contributed by atoms with Crippen molar-refractivity contribution in [1.29, 1.82) is 5.26 Å². The number of aliphatic hydroxyl groups is 1. The molecule has 4 amide bonds. The number of benzene rings is 2. The summed E-state index contributed by atoms with van der Waals surface area (Å²) in [6, 6.07) is 12.4. The van der Waals surface area contributed by atoms with E-state index in [1.165, 1.54) is 6.07 Å². The second-order valence-electron chi connectivity index (χ2n) is 15.8. The Labute approximate surface area is 340 Å². The molecule has 1 saturated carbocycles. The fourth-order valence-corrected chi connectivity index (χ4v) is 9.02. The molecule has 5 heterocycles. The van der Waals surface area contributed by atoms with Gasteiger partial charge < -0.3 is 25.0 Å². The Balaban J connectivity index is 0.763. The highest BCUT2D eigenvalue weighted by Crippen LogP contribution is 2.39. The number of ether oxygens (including phenoxy) is 1. The molecule has 0 bridgehead atoms. The number of rotatable bonds is 9. The van der Waals surface area contributed by atoms with Crippen molar-refractivity contribution in [2.24, 2.45) is 5.92 Å². The van der Waals surface area contributed by atoms with Crippen molar-refractivity contribution in [3.05, 3.63) is 75.7 Å². The summed E-state index contributed by atoms with van der Waals surface area (Å²) in [7, 11) is 0. The van der Waals surface area contributed by atoms with E-state index < -0.39 is 35.8 Å². The number of imide groups is 1. The third kappa shape index (κ3) is 8.29. The maximum atomic E-state index is 15.4. The third-order valence-electron chi connectivity index (χ3n) is 12.1. The number of halogens is 2. The molecule has 2 atom stereocenters. The first kappa shape index (κ1) is 39.5. The summed E-state index contributed by atoms with van der Waals surface area (Å²) < 4.78 is 21.5. The van der Waals surface area contributed by atoms with Crippen LogP contribution in [0.1, 0.15) is 89.6 Å². The molecule has 3 N–H and O–H groups in total. The predicted molar refractivity (Wildman–Crippen MR) is 210 cm³/mol. The number of hydrogen-bond acceptors (Lipinski definition) is 12. The maximum Gasteiger partial charge on any atom is 0.272 e. The van der Waals surface area contributed by atoms with Crippen LogP contribution in [0.3, 0.4) is 0 Å². The molecule has 8 rings (SSSR count). The molecule has 17 heteroatoms. The van der Waals surface area contributed by atoms with E-state index in [0.29, 0.717) is 41.0 Å². The second kappa shape index (κ2) is 16.8. The number of nitrogens with one attached hydrogen (secondary N) is 2. The molecule has 4 aliphatic heterocycles. The van der Waals surface area contributed by atoms with Crippen molar-refractivity contribution >= 4 is 46.7 Å². The number of hydrogen-bond donors (Lipinski definition) is 3. The number of fused-ring (bicyclic) bond motifs is 1. The number of aliphatic hydroxyl groups excluding tert-OH is 1. The van der Waals surface area contributed by atoms with E-state index in [4.69, 9.17) is 21.6 Å². The molecule has 58 heavy (non-hydrogen) atoms. The quantitative estimate of drug-likeness (QED) is 0.268. The molecule has 1 aliphatic carbocycles. The van der Waals surface area contributed by atoms with Crippen molar-refractivity contribution < 1.29 is 33.4 Å². The van der Waals surface area contributed by atoms with Crippen LogP contribution in [0.25, 0.3) is 0 Å². The number of anilines is 2. The van der Waals surface area contributed by atoms with E-state index in [-0.39, 0.29) is 47.7 Å². The lowest BCUT2D eigenvalue weighted by molar-refractivity contribution is -0.139. The normalized spacial score (nSPS) is 24.3. The zero-order chi connectivity index (χ0) is 40.5. The summed E-state index contributed by atoms with van der Waals surface area (Å²) in [4.78, 5) is 57.8. The van der Waals surface area contributed by atoms with Gasteiger partial charge in [0, 0.05) is 69.9 Å². The van der Waals surface area contributed by atoms with E-state index in [1.807, 2.05) is 17.0 Å². The van der Waals surface area contributed by atoms with Crippen molar-refractivity contribution in [3.8, 4) is 11.8 Å². The molecule has 4 fully saturated rings. The van der Waals surface area contributed by atoms with Gasteiger partial charge >= 0.3 is 0 Å². The SMILES string of the molecule is N#Cc1ccc(OC2CCC(NC(=O)c3ccc(N4CCC(CN5CCN(c6cc7c(cc6F)C(=O)N(C6CCC(=O)NC6=O)C7O)CC5)CC4)nn3)CC2)cc1Cl. The summed E-state index contributed by atoms with van der Waals surface area (Å²) in [6.07, 6.45) is 3.80. The molecule has 3 aromatic rings.